The maximum absolute atomic E-state index is 14.0. The van der Waals surface area contributed by atoms with Gasteiger partial charge in [-0.1, -0.05) is 23.4 Å². The fraction of sp³-hybridized carbons (Fsp3) is 0.357. The lowest BCUT2D eigenvalue weighted by Crippen LogP contribution is -2.34. The van der Waals surface area contributed by atoms with Gasteiger partial charge in [0.2, 0.25) is 11.8 Å². The standard InChI is InChI=1S/C14H17FN4O2.ClH/c1-8(16)7-12(20)18-13(14-17-9(2)21-19-14)10-5-3-4-6-11(10)15;/h3-6,8,13H,7,16H2,1-2H3,(H,18,20);1H. The van der Waals surface area contributed by atoms with Crippen LogP contribution in [0.25, 0.3) is 0 Å². The quantitative estimate of drug-likeness (QED) is 0.874. The maximum Gasteiger partial charge on any atom is 0.223 e. The van der Waals surface area contributed by atoms with E-state index in [0.29, 0.717) is 5.89 Å². The number of nitrogens with two attached hydrogens (primary N) is 1. The average Bonchev–Trinajstić information content (AvgIpc) is 2.82. The Bertz CT molecular complexity index is 633. The van der Waals surface area contributed by atoms with Gasteiger partial charge in [0.05, 0.1) is 0 Å². The lowest BCUT2D eigenvalue weighted by molar-refractivity contribution is -0.121. The molecule has 0 spiro atoms. The van der Waals surface area contributed by atoms with E-state index in [1.165, 1.54) is 6.07 Å². The van der Waals surface area contributed by atoms with Gasteiger partial charge in [0.15, 0.2) is 5.82 Å². The van der Waals surface area contributed by atoms with Gasteiger partial charge in [-0.05, 0) is 13.0 Å². The third-order valence-corrected chi connectivity index (χ3v) is 2.83. The second kappa shape index (κ2) is 7.86. The number of carbonyl (C=O) groups is 1. The van der Waals surface area contributed by atoms with E-state index in [-0.39, 0.29) is 42.2 Å². The molecule has 22 heavy (non-hydrogen) atoms. The van der Waals surface area contributed by atoms with Crippen molar-refractivity contribution < 1.29 is 13.7 Å². The van der Waals surface area contributed by atoms with Crippen LogP contribution in [0.3, 0.4) is 0 Å². The number of amides is 1. The van der Waals surface area contributed by atoms with Gasteiger partial charge in [-0.3, -0.25) is 4.79 Å². The molecule has 1 heterocycles. The number of hydrogen-bond acceptors (Lipinski definition) is 5. The van der Waals surface area contributed by atoms with Gasteiger partial charge in [0.25, 0.3) is 0 Å². The Balaban J connectivity index is 0.00000242. The van der Waals surface area contributed by atoms with Crippen molar-refractivity contribution in [1.82, 2.24) is 15.5 Å². The molecule has 0 fully saturated rings. The van der Waals surface area contributed by atoms with Crippen LogP contribution in [0.15, 0.2) is 28.8 Å². The van der Waals surface area contributed by atoms with E-state index in [0.717, 1.165) is 0 Å². The number of nitrogens with zero attached hydrogens (tertiary/aromatic N) is 2. The number of benzene rings is 1. The molecule has 2 atom stereocenters. The van der Waals surface area contributed by atoms with Crippen molar-refractivity contribution in [2.24, 2.45) is 5.73 Å². The number of nitrogens with one attached hydrogen (secondary N) is 1. The summed E-state index contributed by atoms with van der Waals surface area (Å²) in [6.07, 6.45) is 0.127. The minimum atomic E-state index is -0.810. The molecule has 0 radical (unpaired) electrons. The van der Waals surface area contributed by atoms with E-state index in [1.54, 1.807) is 32.0 Å². The highest BCUT2D eigenvalue weighted by molar-refractivity contribution is 5.85. The van der Waals surface area contributed by atoms with Crippen LogP contribution in [-0.4, -0.2) is 22.1 Å². The molecule has 1 amide bonds. The Morgan fingerprint density at radius 2 is 2.14 bits per heavy atom. The first-order chi connectivity index (χ1) is 9.97. The van der Waals surface area contributed by atoms with Gasteiger partial charge in [0.1, 0.15) is 11.9 Å². The van der Waals surface area contributed by atoms with Gasteiger partial charge in [-0.2, -0.15) is 4.98 Å². The Hall–Kier alpha value is -1.99. The Kier molecular flexibility index (Phi) is 6.45. The van der Waals surface area contributed by atoms with Crippen LogP contribution in [0.5, 0.6) is 0 Å². The minimum absolute atomic E-state index is 0. The predicted molar refractivity (Wildman–Crippen MR) is 80.9 cm³/mol. The maximum atomic E-state index is 14.0. The third-order valence-electron chi connectivity index (χ3n) is 2.83. The monoisotopic (exact) mass is 328 g/mol. The highest BCUT2D eigenvalue weighted by Crippen LogP contribution is 2.22. The van der Waals surface area contributed by atoms with E-state index in [9.17, 15) is 9.18 Å². The molecule has 120 valence electrons. The zero-order valence-corrected chi connectivity index (χ0v) is 13.1. The van der Waals surface area contributed by atoms with Crippen molar-refractivity contribution in [3.05, 3.63) is 47.4 Å². The van der Waals surface area contributed by atoms with Gasteiger partial charge in [0, 0.05) is 24.9 Å². The zero-order chi connectivity index (χ0) is 15.4. The highest BCUT2D eigenvalue weighted by atomic mass is 35.5. The van der Waals surface area contributed by atoms with Crippen molar-refractivity contribution in [2.75, 3.05) is 0 Å². The molecule has 3 N–H and O–H groups in total. The van der Waals surface area contributed by atoms with Crippen molar-refractivity contribution in [1.29, 1.82) is 0 Å². The summed E-state index contributed by atoms with van der Waals surface area (Å²) >= 11 is 0. The summed E-state index contributed by atoms with van der Waals surface area (Å²) in [7, 11) is 0. The fourth-order valence-corrected chi connectivity index (χ4v) is 1.94. The summed E-state index contributed by atoms with van der Waals surface area (Å²) in [6, 6.07) is 5.02. The molecule has 0 aliphatic heterocycles. The second-order valence-electron chi connectivity index (χ2n) is 4.88. The Labute approximate surface area is 133 Å². The summed E-state index contributed by atoms with van der Waals surface area (Å²) in [5.41, 5.74) is 5.87. The van der Waals surface area contributed by atoms with E-state index in [2.05, 4.69) is 15.5 Å². The topological polar surface area (TPSA) is 94.0 Å². The number of aryl methyl sites for hydroxylation is 1. The fourth-order valence-electron chi connectivity index (χ4n) is 1.94. The van der Waals surface area contributed by atoms with Gasteiger partial charge < -0.3 is 15.6 Å². The molecule has 2 rings (SSSR count). The Morgan fingerprint density at radius 3 is 2.68 bits per heavy atom. The molecular weight excluding hydrogens is 311 g/mol. The first-order valence-electron chi connectivity index (χ1n) is 6.57. The number of carbonyl (C=O) groups excluding carboxylic acids is 1. The molecule has 0 aliphatic carbocycles. The van der Waals surface area contributed by atoms with Gasteiger partial charge >= 0.3 is 0 Å². The first kappa shape index (κ1) is 18.1. The third kappa shape index (κ3) is 4.51. The van der Waals surface area contributed by atoms with Crippen LogP contribution in [-0.2, 0) is 4.79 Å². The van der Waals surface area contributed by atoms with E-state index in [1.807, 2.05) is 0 Å². The zero-order valence-electron chi connectivity index (χ0n) is 12.2. The average molecular weight is 329 g/mol. The predicted octanol–water partition coefficient (Wildman–Crippen LogP) is 1.88. The SMILES string of the molecule is Cc1nc(C(NC(=O)CC(C)N)c2ccccc2F)no1.Cl. The molecule has 2 aromatic rings. The first-order valence-corrected chi connectivity index (χ1v) is 6.57. The van der Waals surface area contributed by atoms with Crippen molar-refractivity contribution >= 4 is 18.3 Å². The van der Waals surface area contributed by atoms with Gasteiger partial charge in [-0.25, -0.2) is 4.39 Å². The van der Waals surface area contributed by atoms with E-state index >= 15 is 0 Å². The molecule has 2 unspecified atom stereocenters. The number of hydrogen-bond donors (Lipinski definition) is 2. The van der Waals surface area contributed by atoms with E-state index in [4.69, 9.17) is 10.3 Å². The number of aromatic nitrogens is 2. The summed E-state index contributed by atoms with van der Waals surface area (Å²) < 4.78 is 18.9. The smallest absolute Gasteiger partial charge is 0.223 e. The van der Waals surface area contributed by atoms with Crippen molar-refractivity contribution in [2.45, 2.75) is 32.4 Å². The van der Waals surface area contributed by atoms with Gasteiger partial charge in [-0.15, -0.1) is 12.4 Å². The normalized spacial score (nSPS) is 13.1. The largest absolute Gasteiger partial charge is 0.342 e. The minimum Gasteiger partial charge on any atom is -0.342 e. The summed E-state index contributed by atoms with van der Waals surface area (Å²) in [5.74, 6) is -0.213. The van der Waals surface area contributed by atoms with Crippen LogP contribution in [0.1, 0.15) is 36.7 Å². The summed E-state index contributed by atoms with van der Waals surface area (Å²) in [4.78, 5) is 16.0. The Morgan fingerprint density at radius 1 is 1.45 bits per heavy atom. The van der Waals surface area contributed by atoms with Crippen LogP contribution in [0.2, 0.25) is 0 Å². The van der Waals surface area contributed by atoms with Crippen molar-refractivity contribution in [3.63, 3.8) is 0 Å². The van der Waals surface area contributed by atoms with Crippen LogP contribution >= 0.6 is 12.4 Å². The molecule has 6 nitrogen and oxygen atoms in total. The number of halogens is 2. The van der Waals surface area contributed by atoms with Crippen LogP contribution < -0.4 is 11.1 Å². The van der Waals surface area contributed by atoms with E-state index < -0.39 is 11.9 Å². The molecule has 0 saturated heterocycles. The molecule has 8 heteroatoms. The molecule has 0 saturated carbocycles. The summed E-state index contributed by atoms with van der Waals surface area (Å²) in [5, 5.41) is 6.46. The lowest BCUT2D eigenvalue weighted by Gasteiger charge is -2.17. The second-order valence-corrected chi connectivity index (χ2v) is 4.88. The molecule has 0 aliphatic rings. The molecule has 0 bridgehead atoms. The molecule has 1 aromatic carbocycles. The molecular formula is C14H18ClFN4O2. The van der Waals surface area contributed by atoms with Crippen LogP contribution in [0.4, 0.5) is 4.39 Å². The summed E-state index contributed by atoms with van der Waals surface area (Å²) in [6.45, 7) is 3.34. The molecule has 1 aromatic heterocycles. The highest BCUT2D eigenvalue weighted by Gasteiger charge is 2.24. The lowest BCUT2D eigenvalue weighted by atomic mass is 10.0. The number of rotatable bonds is 5. The van der Waals surface area contributed by atoms with Crippen LogP contribution in [0, 0.1) is 12.7 Å². The van der Waals surface area contributed by atoms with Crippen molar-refractivity contribution in [3.8, 4) is 0 Å².